The minimum absolute atomic E-state index is 0.0162. The fourth-order valence-electron chi connectivity index (χ4n) is 4.01. The zero-order chi connectivity index (χ0) is 24.1. The van der Waals surface area contributed by atoms with E-state index >= 15 is 0 Å². The van der Waals surface area contributed by atoms with Crippen LogP contribution in [-0.4, -0.2) is 20.4 Å². The molecule has 1 saturated carbocycles. The summed E-state index contributed by atoms with van der Waals surface area (Å²) in [5.74, 6) is 0.612. The molecule has 3 aromatic rings. The van der Waals surface area contributed by atoms with Crippen LogP contribution in [0.5, 0.6) is 11.5 Å². The minimum atomic E-state index is -4.02. The molecule has 1 fully saturated rings. The third-order valence-electron chi connectivity index (χ3n) is 5.86. The Morgan fingerprint density at radius 1 is 0.971 bits per heavy atom. The molecule has 2 N–H and O–H groups in total. The van der Waals surface area contributed by atoms with Crippen LogP contribution < -0.4 is 14.8 Å². The Labute approximate surface area is 205 Å². The molecule has 6 nitrogen and oxygen atoms in total. The number of carbonyl (C=O) groups is 1. The molecule has 8 heteroatoms. The maximum Gasteiger partial charge on any atom is 0.262 e. The SMILES string of the molecule is Cc1ccc(S(=O)(=O)Nc2cc(Cl)ccc2Oc2ccccc2)cc1C(=O)NC1CCCCC1. The standard InChI is InChI=1S/C26H27ClN2O4S/c1-18-12-14-22(17-23(18)26(30)28-20-8-4-2-5-9-20)34(31,32)29-24-16-19(27)13-15-25(24)33-21-10-6-3-7-11-21/h3,6-7,10-17,20,29H,2,4-5,8-9H2,1H3,(H,28,30). The van der Waals surface area contributed by atoms with Gasteiger partial charge in [0.25, 0.3) is 15.9 Å². The van der Waals surface area contributed by atoms with Crippen LogP contribution in [-0.2, 0) is 10.0 Å². The van der Waals surface area contributed by atoms with Crippen molar-refractivity contribution in [3.63, 3.8) is 0 Å². The summed E-state index contributed by atoms with van der Waals surface area (Å²) in [6.07, 6.45) is 5.27. The number of nitrogens with one attached hydrogen (secondary N) is 2. The van der Waals surface area contributed by atoms with Gasteiger partial charge in [-0.05, 0) is 67.8 Å². The molecule has 0 unspecified atom stereocenters. The molecule has 178 valence electrons. The normalized spacial score (nSPS) is 14.4. The summed E-state index contributed by atoms with van der Waals surface area (Å²) in [6.45, 7) is 1.79. The first-order valence-electron chi connectivity index (χ1n) is 11.3. The van der Waals surface area contributed by atoms with Crippen molar-refractivity contribution in [2.75, 3.05) is 4.72 Å². The van der Waals surface area contributed by atoms with E-state index < -0.39 is 10.0 Å². The van der Waals surface area contributed by atoms with Gasteiger partial charge in [-0.1, -0.05) is 55.1 Å². The first-order chi connectivity index (χ1) is 16.3. The van der Waals surface area contributed by atoms with E-state index in [-0.39, 0.29) is 22.5 Å². The first-order valence-corrected chi connectivity index (χ1v) is 13.1. The number of para-hydroxylation sites is 1. The van der Waals surface area contributed by atoms with Crippen LogP contribution in [0.2, 0.25) is 5.02 Å². The van der Waals surface area contributed by atoms with Crippen LogP contribution in [0, 0.1) is 6.92 Å². The Morgan fingerprint density at radius 3 is 2.44 bits per heavy atom. The molecule has 1 amide bonds. The molecule has 0 aromatic heterocycles. The number of benzene rings is 3. The van der Waals surface area contributed by atoms with Crippen LogP contribution in [0.15, 0.2) is 71.6 Å². The van der Waals surface area contributed by atoms with Gasteiger partial charge in [0, 0.05) is 16.6 Å². The van der Waals surface area contributed by atoms with Crippen LogP contribution in [0.4, 0.5) is 5.69 Å². The van der Waals surface area contributed by atoms with Gasteiger partial charge < -0.3 is 10.1 Å². The molecular formula is C26H27ClN2O4S. The smallest absolute Gasteiger partial charge is 0.262 e. The van der Waals surface area contributed by atoms with E-state index in [2.05, 4.69) is 10.0 Å². The lowest BCUT2D eigenvalue weighted by Gasteiger charge is -2.23. The van der Waals surface area contributed by atoms with E-state index in [1.807, 2.05) is 18.2 Å². The summed E-state index contributed by atoms with van der Waals surface area (Å²) in [6, 6.07) is 18.4. The largest absolute Gasteiger partial charge is 0.455 e. The van der Waals surface area contributed by atoms with E-state index in [9.17, 15) is 13.2 Å². The van der Waals surface area contributed by atoms with Gasteiger partial charge in [-0.25, -0.2) is 8.42 Å². The van der Waals surface area contributed by atoms with Crippen molar-refractivity contribution in [1.29, 1.82) is 0 Å². The lowest BCUT2D eigenvalue weighted by atomic mass is 9.95. The highest BCUT2D eigenvalue weighted by molar-refractivity contribution is 7.92. The van der Waals surface area contributed by atoms with Gasteiger partial charge in [-0.3, -0.25) is 9.52 Å². The van der Waals surface area contributed by atoms with Crippen molar-refractivity contribution in [2.24, 2.45) is 0 Å². The van der Waals surface area contributed by atoms with Crippen molar-refractivity contribution >= 4 is 33.2 Å². The fourth-order valence-corrected chi connectivity index (χ4v) is 5.27. The number of hydrogen-bond donors (Lipinski definition) is 2. The molecule has 34 heavy (non-hydrogen) atoms. The second-order valence-corrected chi connectivity index (χ2v) is 10.6. The maximum absolute atomic E-state index is 13.3. The van der Waals surface area contributed by atoms with Gasteiger partial charge in [0.2, 0.25) is 0 Å². The summed E-state index contributed by atoms with van der Waals surface area (Å²) < 4.78 is 34.9. The summed E-state index contributed by atoms with van der Waals surface area (Å²) in [5, 5.41) is 3.41. The van der Waals surface area contributed by atoms with Crippen molar-refractivity contribution in [3.05, 3.63) is 82.9 Å². The Bertz CT molecular complexity index is 1270. The molecule has 0 spiro atoms. The Balaban J connectivity index is 1.58. The van der Waals surface area contributed by atoms with Gasteiger partial charge in [0.15, 0.2) is 5.75 Å². The quantitative estimate of drug-likeness (QED) is 0.400. The Morgan fingerprint density at radius 2 is 1.71 bits per heavy atom. The average molecular weight is 499 g/mol. The number of rotatable bonds is 7. The van der Waals surface area contributed by atoms with Crippen molar-refractivity contribution < 1.29 is 17.9 Å². The molecule has 3 aromatic carbocycles. The zero-order valence-electron chi connectivity index (χ0n) is 18.9. The molecule has 0 bridgehead atoms. The lowest BCUT2D eigenvalue weighted by Crippen LogP contribution is -2.36. The van der Waals surface area contributed by atoms with E-state index in [4.69, 9.17) is 16.3 Å². The molecular weight excluding hydrogens is 472 g/mol. The summed E-state index contributed by atoms with van der Waals surface area (Å²) in [4.78, 5) is 12.9. The number of hydrogen-bond acceptors (Lipinski definition) is 4. The fraction of sp³-hybridized carbons (Fsp3) is 0.269. The topological polar surface area (TPSA) is 84.5 Å². The monoisotopic (exact) mass is 498 g/mol. The third kappa shape index (κ3) is 5.90. The van der Waals surface area contributed by atoms with E-state index in [0.717, 1.165) is 25.7 Å². The van der Waals surface area contributed by atoms with E-state index in [0.29, 0.717) is 27.6 Å². The summed E-state index contributed by atoms with van der Waals surface area (Å²) in [5.41, 5.74) is 1.26. The van der Waals surface area contributed by atoms with Gasteiger partial charge in [0.05, 0.1) is 10.6 Å². The molecule has 0 heterocycles. The van der Waals surface area contributed by atoms with Crippen LogP contribution in [0.25, 0.3) is 0 Å². The second-order valence-electron chi connectivity index (χ2n) is 8.45. The predicted octanol–water partition coefficient (Wildman–Crippen LogP) is 6.30. The number of ether oxygens (including phenoxy) is 1. The second kappa shape index (κ2) is 10.5. The van der Waals surface area contributed by atoms with Crippen LogP contribution in [0.1, 0.15) is 48.0 Å². The Hall–Kier alpha value is -3.03. The molecule has 0 saturated heterocycles. The average Bonchev–Trinajstić information content (AvgIpc) is 2.82. The summed E-state index contributed by atoms with van der Waals surface area (Å²) >= 11 is 6.13. The van der Waals surface area contributed by atoms with Gasteiger partial charge >= 0.3 is 0 Å². The number of sulfonamides is 1. The number of anilines is 1. The highest BCUT2D eigenvalue weighted by atomic mass is 35.5. The first kappa shape index (κ1) is 24.1. The van der Waals surface area contributed by atoms with Crippen LogP contribution in [0.3, 0.4) is 0 Å². The molecule has 0 atom stereocenters. The van der Waals surface area contributed by atoms with Gasteiger partial charge in [-0.2, -0.15) is 0 Å². The molecule has 0 aliphatic heterocycles. The van der Waals surface area contributed by atoms with Crippen LogP contribution >= 0.6 is 11.6 Å². The maximum atomic E-state index is 13.3. The van der Waals surface area contributed by atoms with Crippen molar-refractivity contribution in [3.8, 4) is 11.5 Å². The van der Waals surface area contributed by atoms with Crippen molar-refractivity contribution in [1.82, 2.24) is 5.32 Å². The number of amides is 1. The highest BCUT2D eigenvalue weighted by Crippen LogP contribution is 2.33. The van der Waals surface area contributed by atoms with E-state index in [1.54, 1.807) is 37.3 Å². The molecule has 1 aliphatic carbocycles. The lowest BCUT2D eigenvalue weighted by molar-refractivity contribution is 0.0927. The van der Waals surface area contributed by atoms with E-state index in [1.165, 1.54) is 24.6 Å². The van der Waals surface area contributed by atoms with Crippen molar-refractivity contribution in [2.45, 2.75) is 50.0 Å². The molecule has 4 rings (SSSR count). The molecule has 0 radical (unpaired) electrons. The van der Waals surface area contributed by atoms with Gasteiger partial charge in [-0.15, -0.1) is 0 Å². The summed E-state index contributed by atoms with van der Waals surface area (Å²) in [7, 11) is -4.02. The zero-order valence-corrected chi connectivity index (χ0v) is 20.5. The number of carbonyl (C=O) groups excluding carboxylic acids is 1. The Kier molecular flexibility index (Phi) is 7.44. The predicted molar refractivity (Wildman–Crippen MR) is 134 cm³/mol. The van der Waals surface area contributed by atoms with Gasteiger partial charge in [0.1, 0.15) is 5.75 Å². The minimum Gasteiger partial charge on any atom is -0.455 e. The number of aryl methyl sites for hydroxylation is 1. The third-order valence-corrected chi connectivity index (χ3v) is 7.46. The highest BCUT2D eigenvalue weighted by Gasteiger charge is 2.22. The molecule has 1 aliphatic rings. The number of halogens is 1.